The molecule has 5 aliphatic heterocycles. The molecule has 0 bridgehead atoms. The molecule has 4 fully saturated rings. The second kappa shape index (κ2) is 19.3. The Labute approximate surface area is 401 Å². The molecule has 10 rings (SSSR count). The minimum atomic E-state index is -0.599. The largest absolute Gasteiger partial charge is 0.494 e. The zero-order valence-corrected chi connectivity index (χ0v) is 40.2. The van der Waals surface area contributed by atoms with Gasteiger partial charge in [0.25, 0.3) is 11.8 Å². The van der Waals surface area contributed by atoms with Crippen molar-refractivity contribution in [3.05, 3.63) is 82.2 Å². The van der Waals surface area contributed by atoms with Gasteiger partial charge in [-0.2, -0.15) is 4.98 Å². The molecule has 1 atom stereocenters. The number of benzene rings is 3. The molecule has 1 unspecified atom stereocenters. The molecule has 4 saturated heterocycles. The molecule has 5 aromatic rings. The topological polar surface area (TPSA) is 186 Å². The van der Waals surface area contributed by atoms with Crippen molar-refractivity contribution in [2.45, 2.75) is 63.7 Å². The summed E-state index contributed by atoms with van der Waals surface area (Å²) in [6.45, 7) is 10.7. The molecular weight excluding hydrogens is 939 g/mol. The molecule has 18 nitrogen and oxygen atoms in total. The molecule has 4 N–H and O–H groups in total. The van der Waals surface area contributed by atoms with Crippen LogP contribution >= 0.6 is 27.9 Å². The van der Waals surface area contributed by atoms with E-state index in [1.807, 2.05) is 30.5 Å². The van der Waals surface area contributed by atoms with Gasteiger partial charge in [0.1, 0.15) is 21.8 Å². The van der Waals surface area contributed by atoms with Crippen LogP contribution in [0, 0.1) is 0 Å². The number of halogens is 1. The van der Waals surface area contributed by atoms with E-state index in [0.29, 0.717) is 63.9 Å². The van der Waals surface area contributed by atoms with E-state index in [2.05, 4.69) is 101 Å². The maximum atomic E-state index is 13.2. The van der Waals surface area contributed by atoms with Gasteiger partial charge in [-0.05, 0) is 89.1 Å². The number of hydrogen-bond donors (Lipinski definition) is 4. The van der Waals surface area contributed by atoms with E-state index in [9.17, 15) is 14.4 Å². The Kier molecular flexibility index (Phi) is 12.9. The standard InChI is InChI=1S/C47H54BrN13O5S/c1-4-28-22-37(52-47-51-24-34(48)45(54-47)66-55-36-8-7-35-42(43(36)56-67-3)50-14-13-49-35)40(65-2)23-39(28)59-15-11-30(12-16-59)57-17-19-58(20-18-57)32-26-60(27-32)31-5-6-33-29(21-31)25-61(46(33)64)38-9-10-41(62)53-44(38)63/h5-8,13-14,21-24,30,32,38,55-56H,4,9-12,15-20,25-27H2,1-3H3,(H,51,52,54)(H,53,62,63). The predicted molar refractivity (Wildman–Crippen MR) is 263 cm³/mol. The Morgan fingerprint density at radius 2 is 1.66 bits per heavy atom. The van der Waals surface area contributed by atoms with Gasteiger partial charge in [0.2, 0.25) is 17.8 Å². The number of piperazine rings is 1. The molecular formula is C47H54BrN13O5S. The number of ether oxygens (including phenoxy) is 1. The summed E-state index contributed by atoms with van der Waals surface area (Å²) in [5.41, 5.74) is 11.8. The highest BCUT2D eigenvalue weighted by molar-refractivity contribution is 9.10. The number of anilines is 6. The first kappa shape index (κ1) is 44.9. The first-order chi connectivity index (χ1) is 32.7. The number of methoxy groups -OCH3 is 1. The molecule has 3 amide bonds. The minimum Gasteiger partial charge on any atom is -0.494 e. The van der Waals surface area contributed by atoms with Crippen LogP contribution < -0.4 is 40.2 Å². The SMILES string of the molecule is CCc1cc(Nc2ncc(Br)c(ONc3ccc4nccnc4c3NSC)n2)c(OC)cc1N1CCC(N2CCN(C3CN(c4ccc5c(c4)CN(C4CCC(=O)NC4=O)C5=O)C3)CC2)CC1. The number of aromatic nitrogens is 4. The van der Waals surface area contributed by atoms with Crippen molar-refractivity contribution in [3.8, 4) is 11.6 Å². The van der Waals surface area contributed by atoms with Gasteiger partial charge in [-0.15, -0.1) is 0 Å². The fourth-order valence-electron chi connectivity index (χ4n) is 10.1. The number of imide groups is 1. The lowest BCUT2D eigenvalue weighted by molar-refractivity contribution is -0.136. The van der Waals surface area contributed by atoms with Gasteiger partial charge in [-0.1, -0.05) is 18.9 Å². The van der Waals surface area contributed by atoms with E-state index in [0.717, 1.165) is 99.8 Å². The number of carbonyl (C=O) groups is 3. The second-order valence-corrected chi connectivity index (χ2v) is 19.0. The average molecular weight is 993 g/mol. The molecule has 0 aliphatic carbocycles. The fourth-order valence-corrected chi connectivity index (χ4v) is 10.8. The van der Waals surface area contributed by atoms with Crippen LogP contribution in [-0.2, 0) is 22.6 Å². The van der Waals surface area contributed by atoms with Crippen LogP contribution in [0.3, 0.4) is 0 Å². The molecule has 2 aromatic heterocycles. The summed E-state index contributed by atoms with van der Waals surface area (Å²) in [5, 5.41) is 5.77. The van der Waals surface area contributed by atoms with Crippen LogP contribution in [0.5, 0.6) is 11.6 Å². The third-order valence-corrected chi connectivity index (χ3v) is 14.7. The molecule has 7 heterocycles. The van der Waals surface area contributed by atoms with Gasteiger partial charge in [0, 0.05) is 119 Å². The molecule has 0 radical (unpaired) electrons. The van der Waals surface area contributed by atoms with Gasteiger partial charge in [0.15, 0.2) is 0 Å². The summed E-state index contributed by atoms with van der Waals surface area (Å²) in [6.07, 6.45) is 10.6. The van der Waals surface area contributed by atoms with Crippen molar-refractivity contribution in [2.75, 3.05) is 91.0 Å². The summed E-state index contributed by atoms with van der Waals surface area (Å²) in [5.74, 6) is 0.577. The minimum absolute atomic E-state index is 0.132. The summed E-state index contributed by atoms with van der Waals surface area (Å²) in [6, 6.07) is 14.6. The normalized spacial score (nSPS) is 19.6. The number of nitrogens with zero attached hydrogens (tertiary/aromatic N) is 9. The van der Waals surface area contributed by atoms with Gasteiger partial charge >= 0.3 is 0 Å². The molecule has 0 spiro atoms. The first-order valence-corrected chi connectivity index (χ1v) is 24.9. The predicted octanol–water partition coefficient (Wildman–Crippen LogP) is 5.83. The first-order valence-electron chi connectivity index (χ1n) is 22.9. The Balaban J connectivity index is 0.711. The van der Waals surface area contributed by atoms with E-state index in [1.54, 1.807) is 30.6 Å². The number of nitrogens with one attached hydrogen (secondary N) is 4. The van der Waals surface area contributed by atoms with E-state index in [1.165, 1.54) is 23.2 Å². The zero-order valence-electron chi connectivity index (χ0n) is 37.8. The summed E-state index contributed by atoms with van der Waals surface area (Å²) >= 11 is 4.98. The third-order valence-electron chi connectivity index (χ3n) is 13.8. The van der Waals surface area contributed by atoms with Crippen molar-refractivity contribution in [2.24, 2.45) is 0 Å². The lowest BCUT2D eigenvalue weighted by Gasteiger charge is -2.50. The molecule has 20 heteroatoms. The highest BCUT2D eigenvalue weighted by Crippen LogP contribution is 2.39. The van der Waals surface area contributed by atoms with Gasteiger partial charge < -0.3 is 34.3 Å². The van der Waals surface area contributed by atoms with E-state index < -0.39 is 6.04 Å². The maximum Gasteiger partial charge on any atom is 0.264 e. The monoisotopic (exact) mass is 991 g/mol. The van der Waals surface area contributed by atoms with Crippen LogP contribution in [-0.4, -0.2) is 136 Å². The summed E-state index contributed by atoms with van der Waals surface area (Å²) in [4.78, 5) is 73.4. The van der Waals surface area contributed by atoms with E-state index in [4.69, 9.17) is 9.57 Å². The third kappa shape index (κ3) is 9.11. The second-order valence-electron chi connectivity index (χ2n) is 17.5. The van der Waals surface area contributed by atoms with E-state index in [-0.39, 0.29) is 24.1 Å². The molecule has 67 heavy (non-hydrogen) atoms. The van der Waals surface area contributed by atoms with Gasteiger partial charge in [0.05, 0.1) is 35.9 Å². The highest BCUT2D eigenvalue weighted by Gasteiger charge is 2.41. The van der Waals surface area contributed by atoms with Gasteiger partial charge in [-0.25, -0.2) is 10.5 Å². The number of aryl methyl sites for hydroxylation is 1. The van der Waals surface area contributed by atoms with Crippen LogP contribution in [0.1, 0.15) is 54.1 Å². The summed E-state index contributed by atoms with van der Waals surface area (Å²) < 4.78 is 9.82. The lowest BCUT2D eigenvalue weighted by atomic mass is 9.98. The van der Waals surface area contributed by atoms with Crippen LogP contribution in [0.25, 0.3) is 11.0 Å². The van der Waals surface area contributed by atoms with Crippen LogP contribution in [0.15, 0.2) is 65.5 Å². The number of hydrogen-bond acceptors (Lipinski definition) is 17. The van der Waals surface area contributed by atoms with Crippen molar-refractivity contribution in [1.82, 2.24) is 40.0 Å². The number of carbonyl (C=O) groups excluding carboxylic acids is 3. The van der Waals surface area contributed by atoms with Gasteiger partial charge in [-0.3, -0.25) is 39.5 Å². The smallest absolute Gasteiger partial charge is 0.264 e. The average Bonchev–Trinajstić information content (AvgIpc) is 3.66. The van der Waals surface area contributed by atoms with Crippen molar-refractivity contribution in [1.29, 1.82) is 0 Å². The van der Waals surface area contributed by atoms with Crippen molar-refractivity contribution >= 4 is 91.0 Å². The quantitative estimate of drug-likeness (QED) is 0.0592. The summed E-state index contributed by atoms with van der Waals surface area (Å²) in [7, 11) is 1.69. The zero-order chi connectivity index (χ0) is 46.2. The van der Waals surface area contributed by atoms with Crippen LogP contribution in [0.2, 0.25) is 0 Å². The molecule has 3 aromatic carbocycles. The van der Waals surface area contributed by atoms with Crippen LogP contribution in [0.4, 0.5) is 34.4 Å². The molecule has 5 aliphatic rings. The Bertz CT molecular complexity index is 2690. The number of rotatable bonds is 14. The van der Waals surface area contributed by atoms with Crippen molar-refractivity contribution < 1.29 is 24.0 Å². The number of amides is 3. The number of piperidine rings is 2. The fraction of sp³-hybridized carbons (Fsp3) is 0.426. The van der Waals surface area contributed by atoms with Crippen molar-refractivity contribution in [3.63, 3.8) is 0 Å². The lowest BCUT2D eigenvalue weighted by Crippen LogP contribution is -2.64. The molecule has 0 saturated carbocycles. The Hall–Kier alpha value is -5.96. The molecule has 350 valence electrons. The van der Waals surface area contributed by atoms with E-state index >= 15 is 0 Å². The Morgan fingerprint density at radius 3 is 2.40 bits per heavy atom. The Morgan fingerprint density at radius 1 is 0.881 bits per heavy atom. The maximum absolute atomic E-state index is 13.2. The number of fused-ring (bicyclic) bond motifs is 2. The highest BCUT2D eigenvalue weighted by atomic mass is 79.9.